The van der Waals surface area contributed by atoms with Crippen LogP contribution in [-0.2, 0) is 11.0 Å². The third-order valence-corrected chi connectivity index (χ3v) is 1.77. The van der Waals surface area contributed by atoms with Crippen molar-refractivity contribution in [2.75, 3.05) is 6.61 Å². The number of nitrogens with one attached hydrogen (secondary N) is 1. The summed E-state index contributed by atoms with van der Waals surface area (Å²) in [6, 6.07) is 2.06. The first-order valence-corrected chi connectivity index (χ1v) is 4.33. The van der Waals surface area contributed by atoms with Gasteiger partial charge < -0.3 is 4.74 Å². The molecule has 0 spiro atoms. The van der Waals surface area contributed by atoms with Crippen molar-refractivity contribution in [1.29, 1.82) is 0 Å². The average molecular weight is 252 g/mol. The fraction of sp³-hybridized carbons (Fsp3) is 0.222. The molecule has 0 aliphatic heterocycles. The van der Waals surface area contributed by atoms with Crippen LogP contribution in [0.1, 0.15) is 5.56 Å². The molecule has 0 saturated heterocycles. The van der Waals surface area contributed by atoms with Crippen molar-refractivity contribution in [2.45, 2.75) is 6.18 Å². The molecule has 1 aromatic rings. The maximum Gasteiger partial charge on any atom is 0.419 e. The summed E-state index contributed by atoms with van der Waals surface area (Å²) in [7, 11) is 0. The van der Waals surface area contributed by atoms with Crippen LogP contribution in [0.15, 0.2) is 18.2 Å². The highest BCUT2D eigenvalue weighted by Crippen LogP contribution is 2.33. The van der Waals surface area contributed by atoms with Gasteiger partial charge in [-0.25, -0.2) is 10.2 Å². The van der Waals surface area contributed by atoms with Crippen molar-refractivity contribution in [3.63, 3.8) is 0 Å². The molecule has 1 aromatic carbocycles. The van der Waals surface area contributed by atoms with Gasteiger partial charge in [0.2, 0.25) is 0 Å². The van der Waals surface area contributed by atoms with E-state index in [9.17, 15) is 22.4 Å². The molecule has 0 atom stereocenters. The number of nitrogens with two attached hydrogens (primary N) is 1. The lowest BCUT2D eigenvalue weighted by Crippen LogP contribution is -2.34. The predicted molar refractivity (Wildman–Crippen MR) is 49.2 cm³/mol. The zero-order chi connectivity index (χ0) is 13.1. The Hall–Kier alpha value is -1.83. The summed E-state index contributed by atoms with van der Waals surface area (Å²) in [6.45, 7) is -0.556. The fourth-order valence-electron chi connectivity index (χ4n) is 1.00. The number of benzene rings is 1. The van der Waals surface area contributed by atoms with E-state index in [1.165, 1.54) is 0 Å². The largest absolute Gasteiger partial charge is 0.484 e. The van der Waals surface area contributed by atoms with Gasteiger partial charge in [0.25, 0.3) is 5.91 Å². The molecule has 0 saturated carbocycles. The monoisotopic (exact) mass is 252 g/mol. The van der Waals surface area contributed by atoms with Gasteiger partial charge in [-0.3, -0.25) is 10.2 Å². The lowest BCUT2D eigenvalue weighted by molar-refractivity contribution is -0.140. The van der Waals surface area contributed by atoms with Crippen LogP contribution in [0.25, 0.3) is 0 Å². The van der Waals surface area contributed by atoms with Crippen LogP contribution in [0.2, 0.25) is 0 Å². The van der Waals surface area contributed by atoms with E-state index in [-0.39, 0.29) is 5.75 Å². The zero-order valence-corrected chi connectivity index (χ0v) is 8.34. The number of amides is 1. The second-order valence-electron chi connectivity index (χ2n) is 3.00. The highest BCUT2D eigenvalue weighted by Gasteiger charge is 2.34. The summed E-state index contributed by atoms with van der Waals surface area (Å²) < 4.78 is 54.4. The zero-order valence-electron chi connectivity index (χ0n) is 8.34. The standard InChI is InChI=1S/C9H8F4N2O2/c10-7-2-1-5(17-4-8(16)15-14)3-6(7)9(11,12)13/h1-3H,4,14H2,(H,15,16). The minimum atomic E-state index is -4.82. The van der Waals surface area contributed by atoms with E-state index in [1.807, 2.05) is 0 Å². The third-order valence-electron chi connectivity index (χ3n) is 1.77. The van der Waals surface area contributed by atoms with Gasteiger partial charge in [0, 0.05) is 0 Å². The van der Waals surface area contributed by atoms with Crippen LogP contribution < -0.4 is 16.0 Å². The van der Waals surface area contributed by atoms with Crippen molar-refractivity contribution in [3.8, 4) is 5.75 Å². The Bertz CT molecular complexity index is 420. The molecule has 4 nitrogen and oxygen atoms in total. The molecule has 0 aliphatic rings. The number of alkyl halides is 3. The number of rotatable bonds is 3. The maximum absolute atomic E-state index is 12.9. The van der Waals surface area contributed by atoms with Crippen molar-refractivity contribution >= 4 is 5.91 Å². The lowest BCUT2D eigenvalue weighted by atomic mass is 10.2. The predicted octanol–water partition coefficient (Wildman–Crippen LogP) is 1.21. The molecule has 8 heteroatoms. The van der Waals surface area contributed by atoms with Crippen molar-refractivity contribution < 1.29 is 27.1 Å². The van der Waals surface area contributed by atoms with Gasteiger partial charge in [0.05, 0.1) is 5.56 Å². The number of hydrogen-bond donors (Lipinski definition) is 2. The number of carbonyl (C=O) groups is 1. The maximum atomic E-state index is 12.9. The Morgan fingerprint density at radius 2 is 2.06 bits per heavy atom. The lowest BCUT2D eigenvalue weighted by Gasteiger charge is -2.10. The van der Waals surface area contributed by atoms with Crippen LogP contribution in [0.3, 0.4) is 0 Å². The Morgan fingerprint density at radius 1 is 1.41 bits per heavy atom. The van der Waals surface area contributed by atoms with Crippen molar-refractivity contribution in [1.82, 2.24) is 5.43 Å². The highest BCUT2D eigenvalue weighted by molar-refractivity contribution is 5.76. The number of hydrazine groups is 1. The quantitative estimate of drug-likeness (QED) is 0.368. The van der Waals surface area contributed by atoms with Gasteiger partial charge in [-0.1, -0.05) is 0 Å². The number of ether oxygens (including phenoxy) is 1. The minimum absolute atomic E-state index is 0.276. The van der Waals surface area contributed by atoms with Gasteiger partial charge in [0.15, 0.2) is 6.61 Å². The molecule has 0 heterocycles. The SMILES string of the molecule is NNC(=O)COc1ccc(F)c(C(F)(F)F)c1. The molecule has 0 radical (unpaired) electrons. The molecular weight excluding hydrogens is 244 g/mol. The summed E-state index contributed by atoms with van der Waals surface area (Å²) in [4.78, 5) is 10.7. The van der Waals surface area contributed by atoms with Crippen molar-refractivity contribution in [2.24, 2.45) is 5.84 Å². The van der Waals surface area contributed by atoms with Gasteiger partial charge in [-0.15, -0.1) is 0 Å². The Morgan fingerprint density at radius 3 is 2.59 bits per heavy atom. The Kier molecular flexibility index (Phi) is 3.89. The highest BCUT2D eigenvalue weighted by atomic mass is 19.4. The molecule has 94 valence electrons. The van der Waals surface area contributed by atoms with E-state index in [1.54, 1.807) is 5.43 Å². The molecule has 1 rings (SSSR count). The van der Waals surface area contributed by atoms with Crippen LogP contribution in [0.4, 0.5) is 17.6 Å². The summed E-state index contributed by atoms with van der Waals surface area (Å²) in [6.07, 6.45) is -4.82. The second-order valence-corrected chi connectivity index (χ2v) is 3.00. The molecule has 0 aromatic heterocycles. The van der Waals surface area contributed by atoms with E-state index < -0.39 is 30.1 Å². The topological polar surface area (TPSA) is 64.3 Å². The van der Waals surface area contributed by atoms with Crippen LogP contribution in [0, 0.1) is 5.82 Å². The first kappa shape index (κ1) is 13.2. The summed E-state index contributed by atoms with van der Waals surface area (Å²) in [5.74, 6) is 2.34. The summed E-state index contributed by atoms with van der Waals surface area (Å²) >= 11 is 0. The summed E-state index contributed by atoms with van der Waals surface area (Å²) in [5, 5.41) is 0. The minimum Gasteiger partial charge on any atom is -0.484 e. The number of hydrogen-bond acceptors (Lipinski definition) is 3. The van der Waals surface area contributed by atoms with Gasteiger partial charge in [0.1, 0.15) is 11.6 Å². The molecule has 0 fully saturated rings. The fourth-order valence-corrected chi connectivity index (χ4v) is 1.00. The molecular formula is C9H8F4N2O2. The molecule has 0 aliphatic carbocycles. The van der Waals surface area contributed by atoms with Crippen LogP contribution in [0.5, 0.6) is 5.75 Å². The normalized spacial score (nSPS) is 11.1. The molecule has 17 heavy (non-hydrogen) atoms. The van der Waals surface area contributed by atoms with E-state index in [0.717, 1.165) is 6.07 Å². The van der Waals surface area contributed by atoms with Gasteiger partial charge >= 0.3 is 6.18 Å². The number of carbonyl (C=O) groups excluding carboxylic acids is 1. The molecule has 0 bridgehead atoms. The second kappa shape index (κ2) is 5.00. The van der Waals surface area contributed by atoms with Crippen LogP contribution >= 0.6 is 0 Å². The first-order chi connectivity index (χ1) is 7.84. The van der Waals surface area contributed by atoms with Gasteiger partial charge in [-0.2, -0.15) is 13.2 Å². The van der Waals surface area contributed by atoms with Gasteiger partial charge in [-0.05, 0) is 18.2 Å². The van der Waals surface area contributed by atoms with Crippen molar-refractivity contribution in [3.05, 3.63) is 29.6 Å². The number of halogens is 4. The third kappa shape index (κ3) is 3.59. The van der Waals surface area contributed by atoms with E-state index in [4.69, 9.17) is 10.6 Å². The molecule has 3 N–H and O–H groups in total. The average Bonchev–Trinajstić information content (AvgIpc) is 2.26. The van der Waals surface area contributed by atoms with E-state index in [0.29, 0.717) is 12.1 Å². The van der Waals surface area contributed by atoms with E-state index >= 15 is 0 Å². The molecule has 1 amide bonds. The Balaban J connectivity index is 2.86. The smallest absolute Gasteiger partial charge is 0.419 e. The Labute approximate surface area is 93.3 Å². The first-order valence-electron chi connectivity index (χ1n) is 4.33. The summed E-state index contributed by atoms with van der Waals surface area (Å²) in [5.41, 5.74) is 0.276. The van der Waals surface area contributed by atoms with E-state index in [2.05, 4.69) is 0 Å². The van der Waals surface area contributed by atoms with Crippen LogP contribution in [-0.4, -0.2) is 12.5 Å². The molecule has 0 unspecified atom stereocenters.